The van der Waals surface area contributed by atoms with Crippen molar-refractivity contribution >= 4 is 27.0 Å². The summed E-state index contributed by atoms with van der Waals surface area (Å²) in [5.41, 5.74) is 8.14. The van der Waals surface area contributed by atoms with Gasteiger partial charge in [-0.05, 0) is 24.6 Å². The molecule has 0 bridgehead atoms. The second-order valence-electron chi connectivity index (χ2n) is 4.09. The van der Waals surface area contributed by atoms with Crippen LogP contribution in [0, 0.1) is 0 Å². The van der Waals surface area contributed by atoms with Crippen LogP contribution in [0.5, 0.6) is 0 Å². The molecule has 1 aromatic carbocycles. The van der Waals surface area contributed by atoms with Crippen LogP contribution in [-0.4, -0.2) is 15.6 Å². The van der Waals surface area contributed by atoms with Crippen molar-refractivity contribution in [3.05, 3.63) is 28.5 Å². The van der Waals surface area contributed by atoms with E-state index in [0.29, 0.717) is 0 Å². The molecule has 1 atom stereocenters. The third-order valence-electron chi connectivity index (χ3n) is 2.90. The molecule has 0 aliphatic carbocycles. The molecule has 2 N–H and O–H groups in total. The summed E-state index contributed by atoms with van der Waals surface area (Å²) >= 11 is 3.46. The summed E-state index contributed by atoms with van der Waals surface area (Å²) < 4.78 is 3.18. The van der Waals surface area contributed by atoms with Gasteiger partial charge in [0.1, 0.15) is 5.82 Å². The number of nitrogens with zero attached hydrogens (tertiary/aromatic N) is 2. The third-order valence-corrected chi connectivity index (χ3v) is 3.40. The molecule has 0 spiro atoms. The Morgan fingerprint density at radius 3 is 2.94 bits per heavy atom. The zero-order valence-electron chi connectivity index (χ0n) is 9.57. The van der Waals surface area contributed by atoms with E-state index in [-0.39, 0.29) is 6.04 Å². The predicted molar refractivity (Wildman–Crippen MR) is 70.4 cm³/mol. The van der Waals surface area contributed by atoms with E-state index in [4.69, 9.17) is 5.73 Å². The van der Waals surface area contributed by atoms with Crippen molar-refractivity contribution in [1.29, 1.82) is 0 Å². The van der Waals surface area contributed by atoms with Gasteiger partial charge in [0, 0.05) is 24.0 Å². The maximum Gasteiger partial charge on any atom is 0.111 e. The molecule has 2 aromatic rings. The average molecular weight is 282 g/mol. The van der Waals surface area contributed by atoms with E-state index < -0.39 is 0 Å². The second kappa shape index (κ2) is 4.55. The molecule has 0 saturated heterocycles. The molecule has 0 aliphatic rings. The number of hydrogen-bond acceptors (Lipinski definition) is 2. The van der Waals surface area contributed by atoms with Gasteiger partial charge in [0.25, 0.3) is 0 Å². The van der Waals surface area contributed by atoms with Gasteiger partial charge in [-0.25, -0.2) is 4.98 Å². The fourth-order valence-corrected chi connectivity index (χ4v) is 2.13. The number of aromatic nitrogens is 2. The molecule has 0 radical (unpaired) electrons. The number of halogens is 1. The van der Waals surface area contributed by atoms with Gasteiger partial charge in [-0.15, -0.1) is 0 Å². The normalized spacial score (nSPS) is 13.2. The molecule has 16 heavy (non-hydrogen) atoms. The highest BCUT2D eigenvalue weighted by Crippen LogP contribution is 2.20. The van der Waals surface area contributed by atoms with Crippen LogP contribution in [0.15, 0.2) is 22.7 Å². The van der Waals surface area contributed by atoms with E-state index in [9.17, 15) is 0 Å². The number of hydrogen-bond donors (Lipinski definition) is 1. The fourth-order valence-electron chi connectivity index (χ4n) is 1.78. The highest BCUT2D eigenvalue weighted by Gasteiger charge is 2.10. The maximum absolute atomic E-state index is 5.96. The summed E-state index contributed by atoms with van der Waals surface area (Å²) in [6.07, 6.45) is 1.81. The first-order valence-corrected chi connectivity index (χ1v) is 6.27. The molecule has 0 amide bonds. The van der Waals surface area contributed by atoms with Crippen LogP contribution >= 0.6 is 15.9 Å². The number of imidazole rings is 1. The first-order valence-electron chi connectivity index (χ1n) is 5.48. The van der Waals surface area contributed by atoms with Gasteiger partial charge in [0.05, 0.1) is 11.0 Å². The molecule has 1 heterocycles. The third kappa shape index (κ3) is 2.13. The SMILES string of the molecule is CCC(N)Cc1nc2cc(Br)ccc2n1C. The molecule has 1 aromatic heterocycles. The number of fused-ring (bicyclic) bond motifs is 1. The Balaban J connectivity index is 2.43. The zero-order chi connectivity index (χ0) is 11.7. The van der Waals surface area contributed by atoms with Gasteiger partial charge in [-0.1, -0.05) is 22.9 Å². The molecule has 0 saturated carbocycles. The summed E-state index contributed by atoms with van der Waals surface area (Å²) in [5.74, 6) is 1.06. The minimum absolute atomic E-state index is 0.193. The van der Waals surface area contributed by atoms with Crippen LogP contribution in [0.2, 0.25) is 0 Å². The van der Waals surface area contributed by atoms with Crippen molar-refractivity contribution in [2.24, 2.45) is 12.8 Å². The number of benzene rings is 1. The molecule has 4 heteroatoms. The van der Waals surface area contributed by atoms with E-state index in [1.54, 1.807) is 0 Å². The van der Waals surface area contributed by atoms with Gasteiger partial charge >= 0.3 is 0 Å². The minimum Gasteiger partial charge on any atom is -0.331 e. The Morgan fingerprint density at radius 2 is 2.25 bits per heavy atom. The van der Waals surface area contributed by atoms with Crippen LogP contribution in [0.3, 0.4) is 0 Å². The topological polar surface area (TPSA) is 43.8 Å². The first-order chi connectivity index (χ1) is 7.61. The number of aryl methyl sites for hydroxylation is 1. The molecule has 1 unspecified atom stereocenters. The minimum atomic E-state index is 0.193. The van der Waals surface area contributed by atoms with E-state index in [1.165, 1.54) is 0 Å². The summed E-state index contributed by atoms with van der Waals surface area (Å²) in [6.45, 7) is 2.10. The highest BCUT2D eigenvalue weighted by atomic mass is 79.9. The van der Waals surface area contributed by atoms with Crippen molar-refractivity contribution in [3.8, 4) is 0 Å². The van der Waals surface area contributed by atoms with Gasteiger partial charge in [-0.2, -0.15) is 0 Å². The van der Waals surface area contributed by atoms with E-state index in [2.05, 4.69) is 38.5 Å². The van der Waals surface area contributed by atoms with E-state index in [1.807, 2.05) is 19.2 Å². The Bertz CT molecular complexity index is 504. The first kappa shape index (κ1) is 11.6. The van der Waals surface area contributed by atoms with Crippen molar-refractivity contribution in [3.63, 3.8) is 0 Å². The van der Waals surface area contributed by atoms with E-state index >= 15 is 0 Å². The van der Waals surface area contributed by atoms with Gasteiger partial charge < -0.3 is 10.3 Å². The predicted octanol–water partition coefficient (Wildman–Crippen LogP) is 2.62. The maximum atomic E-state index is 5.96. The smallest absolute Gasteiger partial charge is 0.111 e. The molecule has 3 nitrogen and oxygen atoms in total. The lowest BCUT2D eigenvalue weighted by atomic mass is 10.1. The summed E-state index contributed by atoms with van der Waals surface area (Å²) in [4.78, 5) is 4.61. The van der Waals surface area contributed by atoms with E-state index in [0.717, 1.165) is 34.2 Å². The molecular formula is C12H16BrN3. The van der Waals surface area contributed by atoms with Crippen molar-refractivity contribution < 1.29 is 0 Å². The lowest BCUT2D eigenvalue weighted by Gasteiger charge is -2.07. The Labute approximate surface area is 104 Å². The Morgan fingerprint density at radius 1 is 1.50 bits per heavy atom. The van der Waals surface area contributed by atoms with Crippen LogP contribution in [0.25, 0.3) is 11.0 Å². The summed E-state index contributed by atoms with van der Waals surface area (Å²) in [6, 6.07) is 6.34. The fraction of sp³-hybridized carbons (Fsp3) is 0.417. The molecule has 0 aliphatic heterocycles. The van der Waals surface area contributed by atoms with Crippen molar-refractivity contribution in [1.82, 2.24) is 9.55 Å². The number of nitrogens with two attached hydrogens (primary N) is 1. The summed E-state index contributed by atoms with van der Waals surface area (Å²) in [5, 5.41) is 0. The molecule has 0 fully saturated rings. The standard InChI is InChI=1S/C12H16BrN3/c1-3-9(14)7-12-15-10-6-8(13)4-5-11(10)16(12)2/h4-6,9H,3,7,14H2,1-2H3. The summed E-state index contributed by atoms with van der Waals surface area (Å²) in [7, 11) is 2.04. The van der Waals surface area contributed by atoms with Crippen LogP contribution in [0.4, 0.5) is 0 Å². The second-order valence-corrected chi connectivity index (χ2v) is 5.01. The Kier molecular flexibility index (Phi) is 3.30. The van der Waals surface area contributed by atoms with Crippen molar-refractivity contribution in [2.45, 2.75) is 25.8 Å². The van der Waals surface area contributed by atoms with Crippen LogP contribution in [0.1, 0.15) is 19.2 Å². The van der Waals surface area contributed by atoms with Gasteiger partial charge in [-0.3, -0.25) is 0 Å². The molecule has 86 valence electrons. The van der Waals surface area contributed by atoms with Crippen LogP contribution < -0.4 is 5.73 Å². The number of rotatable bonds is 3. The lowest BCUT2D eigenvalue weighted by molar-refractivity contribution is 0.612. The van der Waals surface area contributed by atoms with Crippen molar-refractivity contribution in [2.75, 3.05) is 0 Å². The quantitative estimate of drug-likeness (QED) is 0.940. The monoisotopic (exact) mass is 281 g/mol. The molecular weight excluding hydrogens is 266 g/mol. The average Bonchev–Trinajstić information content (AvgIpc) is 2.55. The van der Waals surface area contributed by atoms with Gasteiger partial charge in [0.15, 0.2) is 0 Å². The zero-order valence-corrected chi connectivity index (χ0v) is 11.2. The largest absolute Gasteiger partial charge is 0.331 e. The molecule has 2 rings (SSSR count). The van der Waals surface area contributed by atoms with Crippen LogP contribution in [-0.2, 0) is 13.5 Å². The lowest BCUT2D eigenvalue weighted by Crippen LogP contribution is -2.23. The Hall–Kier alpha value is -0.870. The van der Waals surface area contributed by atoms with Gasteiger partial charge in [0.2, 0.25) is 0 Å². The highest BCUT2D eigenvalue weighted by molar-refractivity contribution is 9.10.